The third kappa shape index (κ3) is 9.99. The first-order valence-corrected chi connectivity index (χ1v) is 11.4. The molecule has 0 aliphatic heterocycles. The van der Waals surface area contributed by atoms with Crippen LogP contribution in [0.3, 0.4) is 0 Å². The maximum absolute atomic E-state index is 11.8. The molecule has 4 aromatic carbocycles. The van der Waals surface area contributed by atoms with Crippen molar-refractivity contribution < 1.29 is 28.8 Å². The van der Waals surface area contributed by atoms with E-state index in [2.05, 4.69) is 0 Å². The normalized spacial score (nSPS) is 10.0. The van der Waals surface area contributed by atoms with E-state index in [0.29, 0.717) is 0 Å². The number of phosphoric acid groups is 1. The van der Waals surface area contributed by atoms with Crippen LogP contribution in [0.15, 0.2) is 121 Å². The predicted octanol–water partition coefficient (Wildman–Crippen LogP) is 4.91. The topological polar surface area (TPSA) is 112 Å². The Bertz CT molecular complexity index is 996. The molecule has 0 aliphatic rings. The van der Waals surface area contributed by atoms with Crippen LogP contribution in [-0.4, -0.2) is 26.2 Å². The quantitative estimate of drug-likeness (QED) is 0.294. The summed E-state index contributed by atoms with van der Waals surface area (Å²) >= 11 is 0. The molecule has 7 heteroatoms. The molecule has 0 amide bonds. The molecule has 0 spiro atoms. The van der Waals surface area contributed by atoms with E-state index in [1.165, 1.54) is 0 Å². The first-order valence-electron chi connectivity index (χ1n) is 9.83. The highest BCUT2D eigenvalue weighted by atomic mass is 31.2. The van der Waals surface area contributed by atoms with Gasteiger partial charge in [0, 0.05) is 22.3 Å². The first-order chi connectivity index (χ1) is 15.8. The molecular weight excluding hydrogens is 439 g/mol. The summed E-state index contributed by atoms with van der Waals surface area (Å²) in [6, 6.07) is 37.2. The molecule has 0 saturated carbocycles. The van der Waals surface area contributed by atoms with Gasteiger partial charge in [0.1, 0.15) is 0 Å². The number of hydrogen-bond donors (Lipinski definition) is 3. The van der Waals surface area contributed by atoms with Gasteiger partial charge < -0.3 is 14.7 Å². The van der Waals surface area contributed by atoms with Crippen molar-refractivity contribution in [1.82, 2.24) is 0 Å². The highest BCUT2D eigenvalue weighted by Crippen LogP contribution is 2.25. The number of benzene rings is 4. The molecule has 3 N–H and O–H groups in total. The van der Waals surface area contributed by atoms with Crippen molar-refractivity contribution in [2.75, 3.05) is 0 Å². The van der Waals surface area contributed by atoms with Crippen molar-refractivity contribution in [2.24, 2.45) is 0 Å². The van der Waals surface area contributed by atoms with Crippen molar-refractivity contribution in [3.05, 3.63) is 144 Å². The first kappa shape index (κ1) is 25.6. The lowest BCUT2D eigenvalue weighted by molar-refractivity contribution is 0.103. The van der Waals surface area contributed by atoms with Gasteiger partial charge in [0.2, 0.25) is 0 Å². The molecule has 33 heavy (non-hydrogen) atoms. The van der Waals surface area contributed by atoms with Crippen molar-refractivity contribution in [3.63, 3.8) is 0 Å². The highest BCUT2D eigenvalue weighted by Gasteiger charge is 2.07. The molecule has 4 aromatic rings. The van der Waals surface area contributed by atoms with Gasteiger partial charge in [-0.05, 0) is 0 Å². The molecule has 0 fully saturated rings. The second-order valence-electron chi connectivity index (χ2n) is 6.64. The van der Waals surface area contributed by atoms with Crippen LogP contribution in [0, 0.1) is 0 Å². The molecule has 0 bridgehead atoms. The van der Waals surface area contributed by atoms with Gasteiger partial charge in [-0.25, -0.2) is 4.57 Å². The standard InChI is InChI=1S/2C13H10O.H3O4P/c2*14-13(11-7-3-1-4-8-11)12-9-5-2-6-10-12;1-5(2,3)4/h2*1-10H;(H3,1,2,3,4). The highest BCUT2D eigenvalue weighted by molar-refractivity contribution is 7.45. The summed E-state index contributed by atoms with van der Waals surface area (Å²) in [5.74, 6) is 0.150. The van der Waals surface area contributed by atoms with Crippen LogP contribution < -0.4 is 0 Å². The van der Waals surface area contributed by atoms with E-state index in [4.69, 9.17) is 19.2 Å². The smallest absolute Gasteiger partial charge is 0.303 e. The Kier molecular flexibility index (Phi) is 10.1. The maximum Gasteiger partial charge on any atom is 0.466 e. The zero-order valence-electron chi connectivity index (χ0n) is 17.6. The van der Waals surface area contributed by atoms with Crippen molar-refractivity contribution in [3.8, 4) is 0 Å². The molecular formula is C26H23O6P. The van der Waals surface area contributed by atoms with E-state index in [9.17, 15) is 9.59 Å². The Morgan fingerprint density at radius 2 is 0.576 bits per heavy atom. The maximum atomic E-state index is 11.8. The molecule has 0 unspecified atom stereocenters. The van der Waals surface area contributed by atoms with E-state index in [-0.39, 0.29) is 11.6 Å². The predicted molar refractivity (Wildman–Crippen MR) is 127 cm³/mol. The van der Waals surface area contributed by atoms with Crippen molar-refractivity contribution in [2.45, 2.75) is 0 Å². The Hall–Kier alpha value is -3.67. The molecule has 0 saturated heterocycles. The third-order valence-corrected chi connectivity index (χ3v) is 4.14. The van der Waals surface area contributed by atoms with Gasteiger partial charge in [0.15, 0.2) is 11.6 Å². The fraction of sp³-hybridized carbons (Fsp3) is 0. The van der Waals surface area contributed by atoms with Gasteiger partial charge in [0.05, 0.1) is 0 Å². The van der Waals surface area contributed by atoms with Crippen molar-refractivity contribution >= 4 is 19.4 Å². The van der Waals surface area contributed by atoms with Gasteiger partial charge in [-0.1, -0.05) is 121 Å². The SMILES string of the molecule is O=C(c1ccccc1)c1ccccc1.O=C(c1ccccc1)c1ccccc1.O=P(O)(O)O. The third-order valence-electron chi connectivity index (χ3n) is 4.14. The second kappa shape index (κ2) is 13.0. The Labute approximate surface area is 192 Å². The van der Waals surface area contributed by atoms with Gasteiger partial charge in [-0.3, -0.25) is 9.59 Å². The molecule has 0 aromatic heterocycles. The van der Waals surface area contributed by atoms with Crippen LogP contribution in [0.4, 0.5) is 0 Å². The molecule has 4 rings (SSSR count). The molecule has 0 aliphatic carbocycles. The van der Waals surface area contributed by atoms with Crippen LogP contribution >= 0.6 is 7.82 Å². The van der Waals surface area contributed by atoms with Crippen LogP contribution in [0.5, 0.6) is 0 Å². The Morgan fingerprint density at radius 3 is 0.727 bits per heavy atom. The van der Waals surface area contributed by atoms with E-state index in [0.717, 1.165) is 22.3 Å². The van der Waals surface area contributed by atoms with Crippen LogP contribution in [0.25, 0.3) is 0 Å². The van der Waals surface area contributed by atoms with E-state index in [1.807, 2.05) is 121 Å². The Morgan fingerprint density at radius 1 is 0.424 bits per heavy atom. The molecule has 0 radical (unpaired) electrons. The van der Waals surface area contributed by atoms with Gasteiger partial charge in [0.25, 0.3) is 0 Å². The average Bonchev–Trinajstić information content (AvgIpc) is 2.85. The average molecular weight is 462 g/mol. The van der Waals surface area contributed by atoms with Gasteiger partial charge >= 0.3 is 7.82 Å². The number of rotatable bonds is 4. The number of hydrogen-bond acceptors (Lipinski definition) is 3. The minimum Gasteiger partial charge on any atom is -0.303 e. The lowest BCUT2D eigenvalue weighted by Crippen LogP contribution is -1.99. The second-order valence-corrected chi connectivity index (χ2v) is 7.66. The zero-order valence-corrected chi connectivity index (χ0v) is 18.5. The number of carbonyl (C=O) groups excluding carboxylic acids is 2. The van der Waals surface area contributed by atoms with Gasteiger partial charge in [-0.15, -0.1) is 0 Å². The van der Waals surface area contributed by atoms with Crippen LogP contribution in [0.2, 0.25) is 0 Å². The minimum atomic E-state index is -4.64. The van der Waals surface area contributed by atoms with Crippen molar-refractivity contribution in [1.29, 1.82) is 0 Å². The lowest BCUT2D eigenvalue weighted by atomic mass is 10.0. The lowest BCUT2D eigenvalue weighted by Gasteiger charge is -1.99. The summed E-state index contributed by atoms with van der Waals surface area (Å²) in [6.45, 7) is 0. The fourth-order valence-electron chi connectivity index (χ4n) is 2.69. The largest absolute Gasteiger partial charge is 0.466 e. The molecule has 168 valence electrons. The van der Waals surface area contributed by atoms with Gasteiger partial charge in [-0.2, -0.15) is 0 Å². The summed E-state index contributed by atoms with van der Waals surface area (Å²) in [5.41, 5.74) is 2.94. The van der Waals surface area contributed by atoms with Crippen LogP contribution in [-0.2, 0) is 4.57 Å². The fourth-order valence-corrected chi connectivity index (χ4v) is 2.69. The minimum absolute atomic E-state index is 0.0752. The Balaban J connectivity index is 0.000000195. The molecule has 0 atom stereocenters. The summed E-state index contributed by atoms with van der Waals surface area (Å²) < 4.78 is 8.88. The number of ketones is 2. The zero-order chi connectivity index (χ0) is 24.1. The summed E-state index contributed by atoms with van der Waals surface area (Å²) in [7, 11) is -4.64. The van der Waals surface area contributed by atoms with Crippen LogP contribution in [0.1, 0.15) is 31.8 Å². The molecule has 6 nitrogen and oxygen atoms in total. The van der Waals surface area contributed by atoms with E-state index in [1.54, 1.807) is 0 Å². The summed E-state index contributed by atoms with van der Waals surface area (Å²) in [6.07, 6.45) is 0. The summed E-state index contributed by atoms with van der Waals surface area (Å²) in [5, 5.41) is 0. The monoisotopic (exact) mass is 462 g/mol. The van der Waals surface area contributed by atoms with E-state index < -0.39 is 7.82 Å². The molecule has 0 heterocycles. The summed E-state index contributed by atoms with van der Waals surface area (Å²) in [4.78, 5) is 45.3. The number of carbonyl (C=O) groups is 2. The van der Waals surface area contributed by atoms with E-state index >= 15 is 0 Å².